The van der Waals surface area contributed by atoms with Crippen molar-refractivity contribution >= 4 is 23.3 Å². The van der Waals surface area contributed by atoms with Gasteiger partial charge in [-0.25, -0.2) is 18.6 Å². The Balaban J connectivity index is 1.67. The number of carbonyl (C=O) groups is 1. The number of rotatable bonds is 5. The number of carbonyl (C=O) groups excluding carboxylic acids is 1. The summed E-state index contributed by atoms with van der Waals surface area (Å²) in [6.07, 6.45) is 2.02. The molecule has 7 heteroatoms. The van der Waals surface area contributed by atoms with Crippen molar-refractivity contribution in [2.45, 2.75) is 25.4 Å². The number of hydrogen-bond acceptors (Lipinski definition) is 4. The number of nitrogens with zero attached hydrogens (tertiary/aromatic N) is 1. The van der Waals surface area contributed by atoms with Crippen LogP contribution in [0.1, 0.15) is 40.4 Å². The first-order chi connectivity index (χ1) is 14.0. The lowest BCUT2D eigenvalue weighted by Crippen LogP contribution is -2.12. The van der Waals surface area contributed by atoms with Crippen molar-refractivity contribution in [3.8, 4) is 11.3 Å². The number of nitrogens with two attached hydrogens (primary N) is 1. The number of anilines is 1. The minimum atomic E-state index is -0.979. The molecule has 0 radical (unpaired) electrons. The van der Waals surface area contributed by atoms with Crippen molar-refractivity contribution in [1.82, 2.24) is 4.98 Å². The van der Waals surface area contributed by atoms with Gasteiger partial charge < -0.3 is 10.5 Å². The van der Waals surface area contributed by atoms with Gasteiger partial charge in [-0.05, 0) is 42.0 Å². The first-order valence-corrected chi connectivity index (χ1v) is 9.49. The first-order valence-electron chi connectivity index (χ1n) is 9.11. The molecule has 0 aliphatic heterocycles. The van der Waals surface area contributed by atoms with E-state index in [4.69, 9.17) is 22.1 Å². The Labute approximate surface area is 171 Å². The summed E-state index contributed by atoms with van der Waals surface area (Å²) < 4.78 is 34.6. The van der Waals surface area contributed by atoms with Crippen LogP contribution >= 0.6 is 11.6 Å². The van der Waals surface area contributed by atoms with E-state index < -0.39 is 23.3 Å². The molecule has 1 aromatic heterocycles. The van der Waals surface area contributed by atoms with E-state index in [1.165, 1.54) is 12.1 Å². The highest BCUT2D eigenvalue weighted by atomic mass is 35.5. The summed E-state index contributed by atoms with van der Waals surface area (Å²) in [6.45, 7) is -0.0191. The van der Waals surface area contributed by atoms with E-state index in [0.29, 0.717) is 5.92 Å². The maximum absolute atomic E-state index is 14.7. The molecule has 1 fully saturated rings. The summed E-state index contributed by atoms with van der Waals surface area (Å²) in [5.41, 5.74) is 6.04. The molecule has 2 aromatic carbocycles. The number of aromatic nitrogens is 1. The highest BCUT2D eigenvalue weighted by Crippen LogP contribution is 2.41. The molecule has 29 heavy (non-hydrogen) atoms. The molecule has 148 valence electrons. The van der Waals surface area contributed by atoms with Crippen molar-refractivity contribution in [2.75, 3.05) is 5.73 Å². The van der Waals surface area contributed by atoms with Gasteiger partial charge in [0.15, 0.2) is 11.5 Å². The predicted molar refractivity (Wildman–Crippen MR) is 107 cm³/mol. The van der Waals surface area contributed by atoms with Gasteiger partial charge >= 0.3 is 5.97 Å². The van der Waals surface area contributed by atoms with E-state index in [1.807, 2.05) is 6.07 Å². The third-order valence-electron chi connectivity index (χ3n) is 4.82. The fourth-order valence-electron chi connectivity index (χ4n) is 3.06. The zero-order valence-electron chi connectivity index (χ0n) is 15.3. The van der Waals surface area contributed by atoms with E-state index >= 15 is 0 Å². The summed E-state index contributed by atoms with van der Waals surface area (Å²) in [7, 11) is 0. The van der Waals surface area contributed by atoms with Crippen LogP contribution in [0.4, 0.5) is 14.5 Å². The van der Waals surface area contributed by atoms with Gasteiger partial charge in [-0.15, -0.1) is 0 Å². The Morgan fingerprint density at radius 1 is 1.17 bits per heavy atom. The number of esters is 1. The van der Waals surface area contributed by atoms with E-state index in [0.717, 1.165) is 24.0 Å². The molecule has 1 heterocycles. The number of hydrogen-bond donors (Lipinski definition) is 1. The summed E-state index contributed by atoms with van der Waals surface area (Å²) in [5, 5.41) is -0.362. The monoisotopic (exact) mass is 414 g/mol. The minimum absolute atomic E-state index is 0.0191. The molecule has 4 rings (SSSR count). The molecular formula is C22H17ClF2N2O2. The minimum Gasteiger partial charge on any atom is -0.456 e. The number of pyridine rings is 1. The van der Waals surface area contributed by atoms with Gasteiger partial charge in [0.05, 0.1) is 10.7 Å². The Morgan fingerprint density at radius 3 is 2.55 bits per heavy atom. The largest absolute Gasteiger partial charge is 0.456 e. The van der Waals surface area contributed by atoms with Gasteiger partial charge in [0, 0.05) is 5.56 Å². The van der Waals surface area contributed by atoms with Gasteiger partial charge in [0.25, 0.3) is 0 Å². The molecule has 1 aliphatic rings. The van der Waals surface area contributed by atoms with Gasteiger partial charge in [-0.2, -0.15) is 0 Å². The zero-order valence-corrected chi connectivity index (χ0v) is 16.0. The molecule has 4 nitrogen and oxygen atoms in total. The topological polar surface area (TPSA) is 65.2 Å². The summed E-state index contributed by atoms with van der Waals surface area (Å²) in [4.78, 5) is 16.4. The maximum Gasteiger partial charge on any atom is 0.358 e. The Morgan fingerprint density at radius 2 is 1.90 bits per heavy atom. The van der Waals surface area contributed by atoms with Crippen LogP contribution in [-0.4, -0.2) is 11.0 Å². The molecule has 1 aliphatic carbocycles. The summed E-state index contributed by atoms with van der Waals surface area (Å²) in [6, 6.07) is 13.5. The summed E-state index contributed by atoms with van der Waals surface area (Å²) in [5.74, 6) is -2.14. The van der Waals surface area contributed by atoms with Crippen LogP contribution in [0.5, 0.6) is 0 Å². The molecule has 0 saturated heterocycles. The van der Waals surface area contributed by atoms with E-state index in [9.17, 15) is 13.6 Å². The smallest absolute Gasteiger partial charge is 0.358 e. The Bertz CT molecular complexity index is 1090. The fraction of sp³-hybridized carbons (Fsp3) is 0.182. The van der Waals surface area contributed by atoms with Crippen LogP contribution in [0.25, 0.3) is 11.3 Å². The van der Waals surface area contributed by atoms with Crippen LogP contribution < -0.4 is 5.73 Å². The van der Waals surface area contributed by atoms with Crippen LogP contribution in [0, 0.1) is 11.6 Å². The van der Waals surface area contributed by atoms with Crippen molar-refractivity contribution < 1.29 is 18.3 Å². The van der Waals surface area contributed by atoms with E-state index in [-0.39, 0.29) is 28.6 Å². The average Bonchev–Trinajstić information content (AvgIpc) is 3.57. The SMILES string of the molecule is Nc1c(F)c(-c2ccc(C3CC3)cc2F)nc(C(=O)OCc2ccccc2)c1Cl. The molecule has 2 N–H and O–H groups in total. The van der Waals surface area contributed by atoms with Gasteiger partial charge in [-0.3, -0.25) is 0 Å². The second-order valence-corrected chi connectivity index (χ2v) is 7.30. The molecule has 0 spiro atoms. The highest BCUT2D eigenvalue weighted by Gasteiger charge is 2.27. The van der Waals surface area contributed by atoms with Crippen LogP contribution in [0.15, 0.2) is 48.5 Å². The lowest BCUT2D eigenvalue weighted by molar-refractivity contribution is 0.0466. The lowest BCUT2D eigenvalue weighted by Gasteiger charge is -2.12. The predicted octanol–water partition coefficient (Wildman–Crippen LogP) is 5.50. The van der Waals surface area contributed by atoms with Gasteiger partial charge in [-0.1, -0.05) is 48.0 Å². The van der Waals surface area contributed by atoms with Crippen LogP contribution in [-0.2, 0) is 11.3 Å². The maximum atomic E-state index is 14.7. The van der Waals surface area contributed by atoms with Crippen LogP contribution in [0.3, 0.4) is 0 Å². The van der Waals surface area contributed by atoms with Crippen LogP contribution in [0.2, 0.25) is 5.02 Å². The number of halogens is 3. The standard InChI is InChI=1S/C22H17ClF2N2O2/c23-17-19(26)18(25)20(15-9-8-14(10-16(15)24)13-6-7-13)27-21(17)22(28)29-11-12-4-2-1-3-5-12/h1-5,8-10,13H,6-7,11H2,(H2,26,27). The fourth-order valence-corrected chi connectivity index (χ4v) is 3.26. The molecule has 0 unspecified atom stereocenters. The van der Waals surface area contributed by atoms with Gasteiger partial charge in [0.2, 0.25) is 0 Å². The third-order valence-corrected chi connectivity index (χ3v) is 5.20. The Kier molecular flexibility index (Phi) is 5.20. The quantitative estimate of drug-likeness (QED) is 0.560. The van der Waals surface area contributed by atoms with Crippen molar-refractivity contribution in [1.29, 1.82) is 0 Å². The molecule has 0 amide bonds. The van der Waals surface area contributed by atoms with Crippen molar-refractivity contribution in [3.05, 3.63) is 82.0 Å². The molecule has 0 atom stereocenters. The molecule has 3 aromatic rings. The lowest BCUT2D eigenvalue weighted by atomic mass is 10.0. The summed E-state index contributed by atoms with van der Waals surface area (Å²) >= 11 is 6.03. The van der Waals surface area contributed by atoms with E-state index in [2.05, 4.69) is 4.98 Å². The number of benzene rings is 2. The van der Waals surface area contributed by atoms with Crippen molar-refractivity contribution in [3.63, 3.8) is 0 Å². The number of ether oxygens (including phenoxy) is 1. The van der Waals surface area contributed by atoms with Gasteiger partial charge in [0.1, 0.15) is 18.1 Å². The number of nitrogen functional groups attached to an aromatic ring is 1. The molecule has 1 saturated carbocycles. The Hall–Kier alpha value is -2.99. The second-order valence-electron chi connectivity index (χ2n) is 6.93. The molecule has 0 bridgehead atoms. The molecular weight excluding hydrogens is 398 g/mol. The second kappa shape index (κ2) is 7.79. The first kappa shape index (κ1) is 19.3. The zero-order chi connectivity index (χ0) is 20.5. The normalized spacial score (nSPS) is 13.3. The van der Waals surface area contributed by atoms with E-state index in [1.54, 1.807) is 30.3 Å². The van der Waals surface area contributed by atoms with Crippen molar-refractivity contribution in [2.24, 2.45) is 0 Å². The third kappa shape index (κ3) is 3.93. The highest BCUT2D eigenvalue weighted by molar-refractivity contribution is 6.35. The average molecular weight is 415 g/mol.